The van der Waals surface area contributed by atoms with E-state index in [1.54, 1.807) is 7.05 Å². The molecule has 0 aromatic heterocycles. The summed E-state index contributed by atoms with van der Waals surface area (Å²) >= 11 is 6.21. The number of rotatable bonds is 5. The van der Waals surface area contributed by atoms with Gasteiger partial charge in [0.1, 0.15) is 0 Å². The van der Waals surface area contributed by atoms with Crippen molar-refractivity contribution in [1.29, 1.82) is 0 Å². The average Bonchev–Trinajstić information content (AvgIpc) is 3.17. The molecule has 2 aliphatic rings. The summed E-state index contributed by atoms with van der Waals surface area (Å²) in [6.07, 6.45) is 7.64. The first-order valence-electron chi connectivity index (χ1n) is 10.2. The van der Waals surface area contributed by atoms with Crippen molar-refractivity contribution >= 4 is 47.4 Å². The van der Waals surface area contributed by atoms with Crippen LogP contribution >= 0.6 is 35.6 Å². The van der Waals surface area contributed by atoms with E-state index < -0.39 is 0 Å². The van der Waals surface area contributed by atoms with Crippen LogP contribution in [0.2, 0.25) is 5.02 Å². The second-order valence-corrected chi connectivity index (χ2v) is 8.00. The van der Waals surface area contributed by atoms with Gasteiger partial charge in [0.05, 0.1) is 0 Å². The summed E-state index contributed by atoms with van der Waals surface area (Å²) in [6, 6.07) is 8.18. The molecule has 1 heterocycles. The topological polar surface area (TPSA) is 56.7 Å². The van der Waals surface area contributed by atoms with Crippen LogP contribution in [0.25, 0.3) is 0 Å². The quantitative estimate of drug-likeness (QED) is 0.354. The van der Waals surface area contributed by atoms with Gasteiger partial charge in [-0.25, -0.2) is 0 Å². The van der Waals surface area contributed by atoms with E-state index in [0.29, 0.717) is 5.91 Å². The molecule has 1 aliphatic carbocycles. The van der Waals surface area contributed by atoms with Crippen LogP contribution < -0.4 is 10.6 Å². The smallest absolute Gasteiger partial charge is 0.225 e. The van der Waals surface area contributed by atoms with Gasteiger partial charge in [-0.2, -0.15) is 0 Å². The van der Waals surface area contributed by atoms with Crippen molar-refractivity contribution in [3.8, 4) is 0 Å². The number of carbonyl (C=O) groups excluding carboxylic acids is 1. The van der Waals surface area contributed by atoms with Gasteiger partial charge in [-0.05, 0) is 37.3 Å². The van der Waals surface area contributed by atoms with Gasteiger partial charge in [-0.3, -0.25) is 9.79 Å². The average molecular weight is 519 g/mol. The highest BCUT2D eigenvalue weighted by molar-refractivity contribution is 14.0. The zero-order valence-corrected chi connectivity index (χ0v) is 19.7. The molecule has 7 heteroatoms. The Hall–Kier alpha value is -1.02. The fourth-order valence-corrected chi connectivity index (χ4v) is 4.32. The van der Waals surface area contributed by atoms with E-state index >= 15 is 0 Å². The summed E-state index contributed by atoms with van der Waals surface area (Å²) in [5.74, 6) is 1.41. The summed E-state index contributed by atoms with van der Waals surface area (Å²) in [6.45, 7) is 2.39. The SMILES string of the molecule is CN=C(NCCc1ccccc1Cl)NC1CCN(C(=O)C2CCCCC2)C1.I. The molecule has 1 saturated heterocycles. The first-order chi connectivity index (χ1) is 13.2. The van der Waals surface area contributed by atoms with Crippen LogP contribution in [0.4, 0.5) is 0 Å². The molecule has 0 spiro atoms. The Morgan fingerprint density at radius 3 is 2.68 bits per heavy atom. The Morgan fingerprint density at radius 1 is 1.21 bits per heavy atom. The molecule has 2 fully saturated rings. The van der Waals surface area contributed by atoms with Crippen molar-refractivity contribution < 1.29 is 4.79 Å². The molecule has 5 nitrogen and oxygen atoms in total. The van der Waals surface area contributed by atoms with E-state index in [2.05, 4.69) is 15.6 Å². The molecule has 0 bridgehead atoms. The van der Waals surface area contributed by atoms with Gasteiger partial charge in [0.25, 0.3) is 0 Å². The number of aliphatic imine (C=N–C) groups is 1. The maximum Gasteiger partial charge on any atom is 0.225 e. The van der Waals surface area contributed by atoms with Gasteiger partial charge in [0, 0.05) is 43.7 Å². The molecule has 1 saturated carbocycles. The molecule has 0 radical (unpaired) electrons. The van der Waals surface area contributed by atoms with Gasteiger partial charge >= 0.3 is 0 Å². The van der Waals surface area contributed by atoms with Gasteiger partial charge in [0.15, 0.2) is 5.96 Å². The lowest BCUT2D eigenvalue weighted by Crippen LogP contribution is -2.46. The zero-order valence-electron chi connectivity index (χ0n) is 16.6. The van der Waals surface area contributed by atoms with Crippen molar-refractivity contribution in [3.63, 3.8) is 0 Å². The van der Waals surface area contributed by atoms with Gasteiger partial charge in [-0.15, -0.1) is 24.0 Å². The first-order valence-corrected chi connectivity index (χ1v) is 10.5. The molecule has 1 aliphatic heterocycles. The molecule has 2 N–H and O–H groups in total. The third-order valence-corrected chi connectivity index (χ3v) is 6.03. The number of guanidine groups is 1. The highest BCUT2D eigenvalue weighted by Gasteiger charge is 2.31. The highest BCUT2D eigenvalue weighted by atomic mass is 127. The lowest BCUT2D eigenvalue weighted by molar-refractivity contribution is -0.135. The highest BCUT2D eigenvalue weighted by Crippen LogP contribution is 2.26. The Bertz CT molecular complexity index is 664. The van der Waals surface area contributed by atoms with Crippen LogP contribution in [0.3, 0.4) is 0 Å². The third kappa shape index (κ3) is 6.51. The number of likely N-dealkylation sites (tertiary alicyclic amines) is 1. The Labute approximate surface area is 190 Å². The number of carbonyl (C=O) groups is 1. The van der Waals surface area contributed by atoms with Gasteiger partial charge < -0.3 is 15.5 Å². The number of hydrogen-bond donors (Lipinski definition) is 2. The summed E-state index contributed by atoms with van der Waals surface area (Å²) in [5.41, 5.74) is 1.13. The Balaban J connectivity index is 0.00000280. The standard InChI is InChI=1S/C21H31ClN4O.HI/c1-23-21(24-13-11-16-7-5-6-10-19(16)22)25-18-12-14-26(15-18)20(27)17-8-3-2-4-9-17;/h5-7,10,17-18H,2-4,8-9,11-15H2,1H3,(H2,23,24,25);1H. The molecule has 1 amide bonds. The monoisotopic (exact) mass is 518 g/mol. The number of hydrogen-bond acceptors (Lipinski definition) is 2. The zero-order chi connectivity index (χ0) is 19.1. The maximum atomic E-state index is 12.7. The lowest BCUT2D eigenvalue weighted by atomic mass is 9.88. The van der Waals surface area contributed by atoms with Gasteiger partial charge in [-0.1, -0.05) is 49.1 Å². The van der Waals surface area contributed by atoms with Crippen molar-refractivity contribution in [2.75, 3.05) is 26.7 Å². The van der Waals surface area contributed by atoms with Gasteiger partial charge in [0.2, 0.25) is 5.91 Å². The van der Waals surface area contributed by atoms with E-state index in [1.807, 2.05) is 29.2 Å². The van der Waals surface area contributed by atoms with Crippen molar-refractivity contribution in [3.05, 3.63) is 34.9 Å². The van der Waals surface area contributed by atoms with Crippen LogP contribution in [0.5, 0.6) is 0 Å². The van der Waals surface area contributed by atoms with Crippen LogP contribution in [-0.4, -0.2) is 49.5 Å². The molecular formula is C21H32ClIN4O. The molecule has 1 aromatic carbocycles. The van der Waals surface area contributed by atoms with E-state index in [-0.39, 0.29) is 35.9 Å². The Morgan fingerprint density at radius 2 is 1.96 bits per heavy atom. The molecule has 1 atom stereocenters. The number of amides is 1. The molecule has 156 valence electrons. The predicted octanol–water partition coefficient (Wildman–Crippen LogP) is 3.85. The number of nitrogens with zero attached hydrogens (tertiary/aromatic N) is 2. The molecule has 3 rings (SSSR count). The van der Waals surface area contributed by atoms with Crippen LogP contribution in [-0.2, 0) is 11.2 Å². The van der Waals surface area contributed by atoms with Crippen LogP contribution in [0.15, 0.2) is 29.3 Å². The largest absolute Gasteiger partial charge is 0.356 e. The number of halogens is 2. The van der Waals surface area contributed by atoms with E-state index in [4.69, 9.17) is 11.6 Å². The van der Waals surface area contributed by atoms with E-state index in [1.165, 1.54) is 19.3 Å². The second kappa shape index (κ2) is 11.9. The molecule has 1 unspecified atom stereocenters. The van der Waals surface area contributed by atoms with E-state index in [0.717, 1.165) is 61.9 Å². The summed E-state index contributed by atoms with van der Waals surface area (Å²) < 4.78 is 0. The predicted molar refractivity (Wildman–Crippen MR) is 127 cm³/mol. The van der Waals surface area contributed by atoms with Crippen LogP contribution in [0, 0.1) is 5.92 Å². The second-order valence-electron chi connectivity index (χ2n) is 7.59. The summed E-state index contributed by atoms with van der Waals surface area (Å²) in [5, 5.41) is 7.62. The fraction of sp³-hybridized carbons (Fsp3) is 0.619. The summed E-state index contributed by atoms with van der Waals surface area (Å²) in [7, 11) is 1.78. The van der Waals surface area contributed by atoms with Crippen molar-refractivity contribution in [2.24, 2.45) is 10.9 Å². The Kier molecular flexibility index (Phi) is 9.85. The minimum atomic E-state index is 0. The third-order valence-electron chi connectivity index (χ3n) is 5.66. The minimum Gasteiger partial charge on any atom is -0.356 e. The van der Waals surface area contributed by atoms with E-state index in [9.17, 15) is 4.79 Å². The normalized spacial score (nSPS) is 20.6. The lowest BCUT2D eigenvalue weighted by Gasteiger charge is -2.26. The van der Waals surface area contributed by atoms with Crippen LogP contribution in [0.1, 0.15) is 44.1 Å². The minimum absolute atomic E-state index is 0. The molecule has 28 heavy (non-hydrogen) atoms. The maximum absolute atomic E-state index is 12.7. The molecule has 1 aromatic rings. The number of benzene rings is 1. The summed E-state index contributed by atoms with van der Waals surface area (Å²) in [4.78, 5) is 19.1. The van der Waals surface area contributed by atoms with Crippen molar-refractivity contribution in [2.45, 2.75) is 51.0 Å². The number of nitrogens with one attached hydrogen (secondary N) is 2. The fourth-order valence-electron chi connectivity index (χ4n) is 4.09. The first kappa shape index (κ1) is 23.3. The molecular weight excluding hydrogens is 487 g/mol. The van der Waals surface area contributed by atoms with Crippen molar-refractivity contribution in [1.82, 2.24) is 15.5 Å².